The lowest BCUT2D eigenvalue weighted by molar-refractivity contribution is -0.115. The normalized spacial score (nSPS) is 15.3. The van der Waals surface area contributed by atoms with Gasteiger partial charge < -0.3 is 9.97 Å². The molecule has 0 saturated carbocycles. The predicted molar refractivity (Wildman–Crippen MR) is 321 cm³/mol. The first-order valence-corrected chi connectivity index (χ1v) is 28.6. The summed E-state index contributed by atoms with van der Waals surface area (Å²) >= 11 is 7.22. The number of hydrogen-bond acceptors (Lipinski definition) is 4. The minimum atomic E-state index is -0.0832. The Morgan fingerprint density at radius 1 is 0.359 bits per heavy atom. The molecule has 3 aromatic heterocycles. The summed E-state index contributed by atoms with van der Waals surface area (Å²) in [6, 6.07) is 57.0. The van der Waals surface area contributed by atoms with E-state index >= 15 is 0 Å². The Morgan fingerprint density at radius 2 is 0.744 bits per heavy atom. The van der Waals surface area contributed by atoms with Gasteiger partial charge in [-0.25, -0.2) is 9.97 Å². The summed E-state index contributed by atoms with van der Waals surface area (Å²) in [5.41, 5.74) is 19.3. The second-order valence-corrected chi connectivity index (χ2v) is 22.7. The Hall–Kier alpha value is -8.30. The highest BCUT2D eigenvalue weighted by molar-refractivity contribution is 9.12. The summed E-state index contributed by atoms with van der Waals surface area (Å²) < 4.78 is 0.823. The molecule has 0 spiro atoms. The number of aryl methyl sites for hydroxylation is 2. The van der Waals surface area contributed by atoms with Crippen molar-refractivity contribution in [3.8, 4) is 44.5 Å². The second kappa shape index (κ2) is 18.7. The SMILES string of the molecule is O=C1C(Br)=C2CCCCc3ccc4c(c3)=c3c(cccc3=4)-c3c4nc(c(-c5ccccc5)c5ccc([nH]5)c(c5nc(c(-c6ccccc6)c6ccc3[nH]6)C=C5)-c3cccc5c3=c3cc(ccc3=5)CCCCC1=C(Br)C2=O)C=C4. The highest BCUT2D eigenvalue weighted by Gasteiger charge is 2.32. The van der Waals surface area contributed by atoms with Gasteiger partial charge in [0.15, 0.2) is 11.6 Å². The molecule has 6 aromatic carbocycles. The molecule has 0 fully saturated rings. The molecule has 0 atom stereocenters. The van der Waals surface area contributed by atoms with Gasteiger partial charge in [-0.3, -0.25) is 9.59 Å². The zero-order valence-corrected chi connectivity index (χ0v) is 45.6. The Kier molecular flexibility index (Phi) is 11.3. The minimum Gasteiger partial charge on any atom is -0.354 e. The van der Waals surface area contributed by atoms with Crippen molar-refractivity contribution in [1.29, 1.82) is 0 Å². The molecule has 0 unspecified atom stereocenters. The van der Waals surface area contributed by atoms with Gasteiger partial charge in [-0.1, -0.05) is 133 Å². The fourth-order valence-corrected chi connectivity index (χ4v) is 14.1. The van der Waals surface area contributed by atoms with Crippen LogP contribution in [0, 0.1) is 41.7 Å². The van der Waals surface area contributed by atoms with Crippen molar-refractivity contribution in [3.05, 3.63) is 253 Å². The molecule has 9 aliphatic rings. The molecule has 16 bridgehead atoms. The number of nitrogens with zero attached hydrogens (tertiary/aromatic N) is 2. The number of hydrogen-bond donors (Lipinski definition) is 2. The first-order valence-electron chi connectivity index (χ1n) is 27.0. The minimum absolute atomic E-state index is 0.0832. The standard InChI is InChI=1S/C70H48Br2N4O2/c71-67-49-19-9-7-13-39-25-27-43-45-21-11-23-47(63(45)51(43)37-39)65-57-33-29-53(73-57)61(41-15-3-1-4-16-41)54-30-34-58(74-54)66(60-36-32-56(76-60)62(42-17-5-2-6-18-42)55-31-35-59(65)75-55)48-24-12-22-46-44-28-26-40(38-52(44)64(46)48)14-8-10-20-50(70(67)78)68(72)69(49)77/h1-6,11-12,15-18,21-38,73,76H,7-10,13-14,19-20H2. The van der Waals surface area contributed by atoms with E-state index in [0.717, 1.165) is 128 Å². The van der Waals surface area contributed by atoms with Crippen LogP contribution < -0.4 is 0 Å². The number of allylic oxidation sites excluding steroid dienone is 4. The van der Waals surface area contributed by atoms with Gasteiger partial charge in [0.2, 0.25) is 0 Å². The molecule has 18 rings (SSSR count). The highest BCUT2D eigenvalue weighted by Crippen LogP contribution is 2.41. The third-order valence-electron chi connectivity index (χ3n) is 16.6. The molecular weight excluding hydrogens is 1090 g/mol. The smallest absolute Gasteiger partial charge is 0.197 e. The lowest BCUT2D eigenvalue weighted by atomic mass is 9.89. The summed E-state index contributed by atoms with van der Waals surface area (Å²) in [4.78, 5) is 47.1. The largest absolute Gasteiger partial charge is 0.354 e. The molecule has 6 aliphatic heterocycles. The molecule has 8 heteroatoms. The zero-order valence-electron chi connectivity index (χ0n) is 42.4. The second-order valence-electron chi connectivity index (χ2n) is 21.1. The quantitative estimate of drug-likeness (QED) is 0.169. The van der Waals surface area contributed by atoms with E-state index in [1.54, 1.807) is 0 Å². The van der Waals surface area contributed by atoms with Gasteiger partial charge in [0.05, 0.1) is 31.7 Å². The van der Waals surface area contributed by atoms with Crippen LogP contribution in [-0.4, -0.2) is 31.5 Å². The molecule has 374 valence electrons. The van der Waals surface area contributed by atoms with E-state index in [1.807, 2.05) is 0 Å². The van der Waals surface area contributed by atoms with Crippen LogP contribution in [0.5, 0.6) is 0 Å². The van der Waals surface area contributed by atoms with Gasteiger partial charge in [0.1, 0.15) is 0 Å². The number of aromatic nitrogens is 4. The number of benzene rings is 6. The summed E-state index contributed by atoms with van der Waals surface area (Å²) in [6.45, 7) is 0. The number of rotatable bonds is 2. The van der Waals surface area contributed by atoms with Crippen molar-refractivity contribution in [2.24, 2.45) is 0 Å². The van der Waals surface area contributed by atoms with Gasteiger partial charge >= 0.3 is 0 Å². The van der Waals surface area contributed by atoms with E-state index in [1.165, 1.54) is 52.9 Å². The number of nitrogens with one attached hydrogen (secondary N) is 2. The van der Waals surface area contributed by atoms with E-state index in [2.05, 4.69) is 224 Å². The molecular formula is C70H48Br2N4O2. The first kappa shape index (κ1) is 47.0. The van der Waals surface area contributed by atoms with Crippen LogP contribution in [-0.2, 0) is 22.4 Å². The van der Waals surface area contributed by atoms with Crippen LogP contribution in [0.15, 0.2) is 178 Å². The molecule has 6 nitrogen and oxygen atoms in total. The number of H-pyrrole nitrogens is 2. The fourth-order valence-electron chi connectivity index (χ4n) is 12.8. The van der Waals surface area contributed by atoms with E-state index in [4.69, 9.17) is 9.97 Å². The summed E-state index contributed by atoms with van der Waals surface area (Å²) in [6.07, 6.45) is 14.7. The fraction of sp³-hybridized carbons (Fsp3) is 0.114. The summed E-state index contributed by atoms with van der Waals surface area (Å²) in [7, 11) is 0. The lowest BCUT2D eigenvalue weighted by Gasteiger charge is -2.19. The number of halogens is 2. The molecule has 0 saturated heterocycles. The maximum Gasteiger partial charge on any atom is 0.197 e. The van der Waals surface area contributed by atoms with E-state index < -0.39 is 0 Å². The maximum absolute atomic E-state index is 13.9. The van der Waals surface area contributed by atoms with Crippen molar-refractivity contribution >= 4 is 89.8 Å². The highest BCUT2D eigenvalue weighted by atomic mass is 79.9. The van der Waals surface area contributed by atoms with Gasteiger partial charge in [0, 0.05) is 55.5 Å². The predicted octanol–water partition coefficient (Wildman–Crippen LogP) is 17.0. The molecule has 0 amide bonds. The molecule has 9 heterocycles. The monoisotopic (exact) mass is 1130 g/mol. The average Bonchev–Trinajstić information content (AvgIpc) is 3.83. The van der Waals surface area contributed by atoms with Crippen LogP contribution in [0.3, 0.4) is 0 Å². The third kappa shape index (κ3) is 7.55. The van der Waals surface area contributed by atoms with Gasteiger partial charge in [-0.15, -0.1) is 0 Å². The molecule has 78 heavy (non-hydrogen) atoms. The third-order valence-corrected chi connectivity index (χ3v) is 18.3. The molecule has 3 aliphatic carbocycles. The van der Waals surface area contributed by atoms with Gasteiger partial charge in [-0.2, -0.15) is 0 Å². The van der Waals surface area contributed by atoms with E-state index in [0.29, 0.717) is 33.0 Å². The van der Waals surface area contributed by atoms with Crippen molar-refractivity contribution in [2.45, 2.75) is 51.4 Å². The van der Waals surface area contributed by atoms with Crippen molar-refractivity contribution in [3.63, 3.8) is 0 Å². The van der Waals surface area contributed by atoms with Crippen LogP contribution in [0.4, 0.5) is 0 Å². The number of aromatic amines is 2. The number of carbonyl (C=O) groups is 2. The molecule has 0 radical (unpaired) electrons. The number of ketones is 2. The first-order chi connectivity index (χ1) is 38.3. The van der Waals surface area contributed by atoms with E-state index in [9.17, 15) is 9.59 Å². The zero-order chi connectivity index (χ0) is 52.2. The van der Waals surface area contributed by atoms with Crippen LogP contribution in [0.1, 0.15) is 72.4 Å². The topological polar surface area (TPSA) is 91.5 Å². The van der Waals surface area contributed by atoms with Crippen molar-refractivity contribution in [1.82, 2.24) is 19.9 Å². The van der Waals surface area contributed by atoms with Crippen molar-refractivity contribution < 1.29 is 9.59 Å². The molecule has 9 aromatic rings. The van der Waals surface area contributed by atoms with E-state index in [-0.39, 0.29) is 11.6 Å². The summed E-state index contributed by atoms with van der Waals surface area (Å²) in [5, 5.41) is 9.75. The van der Waals surface area contributed by atoms with Gasteiger partial charge in [0.25, 0.3) is 0 Å². The average molecular weight is 1140 g/mol. The lowest BCUT2D eigenvalue weighted by Crippen LogP contribution is -2.20. The van der Waals surface area contributed by atoms with Crippen molar-refractivity contribution in [2.75, 3.05) is 0 Å². The number of Topliss-reactive ketones (excluding diaryl/α,β-unsaturated/α-hetero) is 2. The Morgan fingerprint density at radius 3 is 1.17 bits per heavy atom. The Balaban J connectivity index is 1.03. The Bertz CT molecular complexity index is 4600. The summed E-state index contributed by atoms with van der Waals surface area (Å²) in [5.74, 6) is -0.166. The van der Waals surface area contributed by atoms with Crippen LogP contribution >= 0.6 is 31.9 Å². The number of carbonyl (C=O) groups excluding carboxylic acids is 2. The maximum atomic E-state index is 13.9. The Labute approximate surface area is 465 Å². The van der Waals surface area contributed by atoms with Crippen LogP contribution in [0.2, 0.25) is 0 Å². The van der Waals surface area contributed by atoms with Crippen LogP contribution in [0.25, 0.3) is 90.9 Å². The van der Waals surface area contributed by atoms with Gasteiger partial charge in [-0.05, 0) is 207 Å². The molecule has 2 N–H and O–H groups in total.